The Labute approximate surface area is 94.8 Å². The number of hydrogen-bond donors (Lipinski definition) is 0. The number of benzene rings is 1. The normalized spacial score (nSPS) is 15.3. The number of para-hydroxylation sites is 1. The van der Waals surface area contributed by atoms with Crippen molar-refractivity contribution in [3.63, 3.8) is 0 Å². The molecule has 0 saturated heterocycles. The van der Waals surface area contributed by atoms with Crippen molar-refractivity contribution in [2.45, 2.75) is 6.42 Å². The lowest BCUT2D eigenvalue weighted by Crippen LogP contribution is -2.31. The smallest absolute Gasteiger partial charge is 0.231 e. The van der Waals surface area contributed by atoms with Gasteiger partial charge in [0.1, 0.15) is 0 Å². The minimum absolute atomic E-state index is 0.0511. The van der Waals surface area contributed by atoms with E-state index in [0.717, 1.165) is 11.3 Å². The maximum Gasteiger partial charge on any atom is 0.231 e. The molecular weight excluding hydrogens is 226 g/mol. The molecule has 1 radical (unpaired) electrons. The van der Waals surface area contributed by atoms with E-state index in [-0.39, 0.29) is 18.2 Å². The molecule has 5 heteroatoms. The van der Waals surface area contributed by atoms with Gasteiger partial charge >= 0.3 is 0 Å². The molecule has 4 nitrogen and oxygen atoms in total. The number of hydrogen-bond acceptors (Lipinski definition) is 3. The zero-order chi connectivity index (χ0) is 11.8. The van der Waals surface area contributed by atoms with Crippen molar-refractivity contribution < 1.29 is 13.2 Å². The Kier molecular flexibility index (Phi) is 2.71. The van der Waals surface area contributed by atoms with Crippen LogP contribution in [-0.4, -0.2) is 26.6 Å². The zero-order valence-corrected chi connectivity index (χ0v) is 9.53. The molecule has 1 aromatic rings. The molecule has 1 heterocycles. The van der Waals surface area contributed by atoms with Gasteiger partial charge in [0.15, 0.2) is 9.84 Å². The molecule has 1 aliphatic rings. The van der Waals surface area contributed by atoms with E-state index >= 15 is 0 Å². The van der Waals surface area contributed by atoms with Crippen LogP contribution in [0.5, 0.6) is 0 Å². The number of amides is 1. The van der Waals surface area contributed by atoms with Gasteiger partial charge in [-0.05, 0) is 11.6 Å². The number of fused-ring (bicyclic) bond motifs is 1. The molecule has 0 spiro atoms. The van der Waals surface area contributed by atoms with Crippen LogP contribution < -0.4 is 4.90 Å². The summed E-state index contributed by atoms with van der Waals surface area (Å²) in [5.41, 5.74) is 1.77. The molecule has 2 rings (SSSR count). The van der Waals surface area contributed by atoms with E-state index in [1.807, 2.05) is 24.3 Å². The number of carbonyl (C=O) groups excluding carboxylic acids is 1. The first-order valence-corrected chi connectivity index (χ1v) is 6.73. The predicted molar refractivity (Wildman–Crippen MR) is 61.6 cm³/mol. The van der Waals surface area contributed by atoms with Gasteiger partial charge in [0.25, 0.3) is 0 Å². The third kappa shape index (κ3) is 2.24. The molecule has 16 heavy (non-hydrogen) atoms. The number of nitrogens with zero attached hydrogens (tertiary/aromatic N) is 1. The molecule has 0 fully saturated rings. The van der Waals surface area contributed by atoms with Crippen LogP contribution in [0.25, 0.3) is 0 Å². The maximum atomic E-state index is 11.7. The van der Waals surface area contributed by atoms with Gasteiger partial charge in [-0.15, -0.1) is 0 Å². The molecular formula is C11H12NO3S. The summed E-state index contributed by atoms with van der Waals surface area (Å²) >= 11 is 0. The minimum atomic E-state index is -3.28. The lowest BCUT2D eigenvalue weighted by molar-refractivity contribution is -0.117. The third-order valence-electron chi connectivity index (χ3n) is 2.55. The molecule has 0 atom stereocenters. The largest absolute Gasteiger partial charge is 0.311 e. The van der Waals surface area contributed by atoms with Crippen molar-refractivity contribution in [1.82, 2.24) is 0 Å². The quantitative estimate of drug-likeness (QED) is 0.782. The third-order valence-corrected chi connectivity index (χ3v) is 3.36. The van der Waals surface area contributed by atoms with Crippen molar-refractivity contribution in [2.24, 2.45) is 0 Å². The standard InChI is InChI=1S/C11H12NO3S/c1-16(14,15)7-6-12-10-5-3-2-4-9(10)8-11(12)13/h2-5H,1,6-8H2. The molecule has 0 unspecified atom stereocenters. The number of carbonyl (C=O) groups is 1. The average molecular weight is 238 g/mol. The second kappa shape index (κ2) is 3.90. The first-order valence-electron chi connectivity index (χ1n) is 4.91. The van der Waals surface area contributed by atoms with Crippen LogP contribution in [0.15, 0.2) is 24.3 Å². The van der Waals surface area contributed by atoms with Gasteiger partial charge in [-0.2, -0.15) is 0 Å². The Hall–Kier alpha value is -1.36. The van der Waals surface area contributed by atoms with Crippen molar-refractivity contribution in [3.05, 3.63) is 36.1 Å². The topological polar surface area (TPSA) is 54.5 Å². The van der Waals surface area contributed by atoms with E-state index in [4.69, 9.17) is 0 Å². The van der Waals surface area contributed by atoms with E-state index in [2.05, 4.69) is 6.26 Å². The van der Waals surface area contributed by atoms with Gasteiger partial charge in [-0.25, -0.2) is 8.42 Å². The van der Waals surface area contributed by atoms with Crippen LogP contribution in [0.1, 0.15) is 5.56 Å². The Morgan fingerprint density at radius 3 is 2.69 bits per heavy atom. The van der Waals surface area contributed by atoms with Gasteiger partial charge in [0.2, 0.25) is 5.91 Å². The highest BCUT2D eigenvalue weighted by Crippen LogP contribution is 2.27. The molecule has 0 bridgehead atoms. The highest BCUT2D eigenvalue weighted by atomic mass is 32.2. The molecule has 0 aliphatic carbocycles. The van der Waals surface area contributed by atoms with Crippen molar-refractivity contribution in [1.29, 1.82) is 0 Å². The maximum absolute atomic E-state index is 11.7. The van der Waals surface area contributed by atoms with E-state index in [1.54, 1.807) is 0 Å². The monoisotopic (exact) mass is 238 g/mol. The number of anilines is 1. The van der Waals surface area contributed by atoms with Crippen LogP contribution >= 0.6 is 0 Å². The fourth-order valence-corrected chi connectivity index (χ4v) is 2.25. The summed E-state index contributed by atoms with van der Waals surface area (Å²) in [5.74, 6) is -0.155. The fraction of sp³-hybridized carbons (Fsp3) is 0.273. The molecule has 0 saturated carbocycles. The Bertz CT molecular complexity index is 522. The number of sulfone groups is 1. The first-order chi connectivity index (χ1) is 7.47. The Morgan fingerprint density at radius 1 is 1.31 bits per heavy atom. The number of rotatable bonds is 3. The van der Waals surface area contributed by atoms with E-state index in [9.17, 15) is 13.2 Å². The molecule has 1 amide bonds. The fourth-order valence-electron chi connectivity index (χ4n) is 1.79. The minimum Gasteiger partial charge on any atom is -0.311 e. The summed E-state index contributed by atoms with van der Waals surface area (Å²) < 4.78 is 21.9. The summed E-state index contributed by atoms with van der Waals surface area (Å²) in [6.45, 7) is 0.182. The zero-order valence-electron chi connectivity index (χ0n) is 8.72. The van der Waals surface area contributed by atoms with Crippen LogP contribution in [-0.2, 0) is 21.1 Å². The Morgan fingerprint density at radius 2 is 2.00 bits per heavy atom. The SMILES string of the molecule is [CH2]S(=O)(=O)CCN1C(=O)Cc2ccccc21. The Balaban J connectivity index is 2.20. The summed E-state index contributed by atoms with van der Waals surface area (Å²) in [5, 5.41) is 0. The average Bonchev–Trinajstić information content (AvgIpc) is 2.49. The first kappa shape index (κ1) is 11.1. The summed E-state index contributed by atoms with van der Waals surface area (Å²) in [6, 6.07) is 7.42. The van der Waals surface area contributed by atoms with Crippen molar-refractivity contribution in [2.75, 3.05) is 17.2 Å². The molecule has 85 valence electrons. The van der Waals surface area contributed by atoms with Gasteiger partial charge in [-0.3, -0.25) is 4.79 Å². The van der Waals surface area contributed by atoms with E-state index in [1.165, 1.54) is 4.90 Å². The summed E-state index contributed by atoms with van der Waals surface area (Å²) in [7, 11) is -3.28. The highest BCUT2D eigenvalue weighted by Gasteiger charge is 2.26. The van der Waals surface area contributed by atoms with Gasteiger partial charge < -0.3 is 4.90 Å². The van der Waals surface area contributed by atoms with Gasteiger partial charge in [0.05, 0.1) is 18.4 Å². The van der Waals surface area contributed by atoms with Crippen LogP contribution in [0.3, 0.4) is 0 Å². The van der Waals surface area contributed by atoms with Crippen LogP contribution in [0.2, 0.25) is 0 Å². The second-order valence-electron chi connectivity index (χ2n) is 3.80. The predicted octanol–water partition coefficient (Wildman–Crippen LogP) is 0.782. The molecule has 1 aromatic carbocycles. The van der Waals surface area contributed by atoms with Gasteiger partial charge in [-0.1, -0.05) is 18.2 Å². The molecule has 0 aromatic heterocycles. The highest BCUT2D eigenvalue weighted by molar-refractivity contribution is 7.92. The van der Waals surface area contributed by atoms with Crippen LogP contribution in [0.4, 0.5) is 5.69 Å². The van der Waals surface area contributed by atoms with Crippen molar-refractivity contribution in [3.8, 4) is 0 Å². The van der Waals surface area contributed by atoms with E-state index < -0.39 is 9.84 Å². The van der Waals surface area contributed by atoms with Gasteiger partial charge in [0, 0.05) is 12.2 Å². The lowest BCUT2D eigenvalue weighted by atomic mass is 10.2. The summed E-state index contributed by atoms with van der Waals surface area (Å²) in [4.78, 5) is 13.2. The van der Waals surface area contributed by atoms with Crippen molar-refractivity contribution >= 4 is 21.4 Å². The second-order valence-corrected chi connectivity index (χ2v) is 5.69. The lowest BCUT2D eigenvalue weighted by Gasteiger charge is -2.16. The molecule has 0 N–H and O–H groups in total. The molecule has 1 aliphatic heterocycles. The van der Waals surface area contributed by atoms with Crippen LogP contribution in [0, 0.1) is 6.26 Å². The van der Waals surface area contributed by atoms with E-state index in [0.29, 0.717) is 6.42 Å². The summed E-state index contributed by atoms with van der Waals surface area (Å²) in [6.07, 6.45) is 3.40.